The van der Waals surface area contributed by atoms with Crippen LogP contribution >= 0.6 is 0 Å². The minimum Gasteiger partial charge on any atom is -0.507 e. The first-order valence-electron chi connectivity index (χ1n) is 7.40. The van der Waals surface area contributed by atoms with Gasteiger partial charge in [-0.2, -0.15) is 0 Å². The second-order valence-corrected chi connectivity index (χ2v) is 4.71. The van der Waals surface area contributed by atoms with Crippen LogP contribution in [0.15, 0.2) is 43.2 Å². The van der Waals surface area contributed by atoms with E-state index < -0.39 is 0 Å². The number of hydrogen-bond acceptors (Lipinski definition) is 8. The Kier molecular flexibility index (Phi) is 6.51. The third-order valence-electron chi connectivity index (χ3n) is 2.99. The van der Waals surface area contributed by atoms with Crippen LogP contribution in [0.1, 0.15) is 18.9 Å². The SMILES string of the molecule is CCCOc1ccc(-c2ncncn2)c(O)c1C.c1cnnnc1. The van der Waals surface area contributed by atoms with Gasteiger partial charge in [0.05, 0.1) is 24.6 Å². The molecule has 0 spiro atoms. The summed E-state index contributed by atoms with van der Waals surface area (Å²) in [5.74, 6) is 1.29. The number of rotatable bonds is 4. The van der Waals surface area contributed by atoms with Gasteiger partial charge in [0, 0.05) is 5.56 Å². The van der Waals surface area contributed by atoms with E-state index in [0.29, 0.717) is 29.3 Å². The Hall–Kier alpha value is -3.16. The first-order chi connectivity index (χ1) is 11.7. The molecule has 0 aliphatic rings. The molecule has 0 amide bonds. The predicted molar refractivity (Wildman–Crippen MR) is 87.3 cm³/mol. The Morgan fingerprint density at radius 1 is 1.08 bits per heavy atom. The molecule has 24 heavy (non-hydrogen) atoms. The fraction of sp³-hybridized carbons (Fsp3) is 0.250. The molecule has 124 valence electrons. The molecule has 3 aromatic rings. The molecule has 3 rings (SSSR count). The number of nitrogens with zero attached hydrogens (tertiary/aromatic N) is 6. The largest absolute Gasteiger partial charge is 0.507 e. The summed E-state index contributed by atoms with van der Waals surface area (Å²) in [5, 5.41) is 20.3. The van der Waals surface area contributed by atoms with Crippen molar-refractivity contribution >= 4 is 0 Å². The van der Waals surface area contributed by atoms with Crippen molar-refractivity contribution < 1.29 is 9.84 Å². The van der Waals surface area contributed by atoms with Crippen LogP contribution in [0.25, 0.3) is 11.4 Å². The van der Waals surface area contributed by atoms with Gasteiger partial charge < -0.3 is 9.84 Å². The number of benzene rings is 1. The molecule has 0 atom stereocenters. The summed E-state index contributed by atoms with van der Waals surface area (Å²) in [7, 11) is 0. The van der Waals surface area contributed by atoms with E-state index in [2.05, 4.69) is 30.4 Å². The van der Waals surface area contributed by atoms with Crippen LogP contribution in [0.3, 0.4) is 0 Å². The number of aromatic hydroxyl groups is 1. The lowest BCUT2D eigenvalue weighted by molar-refractivity contribution is 0.313. The maximum Gasteiger partial charge on any atom is 0.166 e. The fourth-order valence-corrected chi connectivity index (χ4v) is 1.81. The highest BCUT2D eigenvalue weighted by molar-refractivity contribution is 5.68. The van der Waals surface area contributed by atoms with Gasteiger partial charge in [0.1, 0.15) is 24.2 Å². The Bertz CT molecular complexity index is 714. The summed E-state index contributed by atoms with van der Waals surface area (Å²) in [5.41, 5.74) is 1.28. The monoisotopic (exact) mass is 326 g/mol. The van der Waals surface area contributed by atoms with Gasteiger partial charge >= 0.3 is 0 Å². The molecule has 0 bridgehead atoms. The van der Waals surface area contributed by atoms with Gasteiger partial charge in [-0.15, -0.1) is 10.2 Å². The van der Waals surface area contributed by atoms with E-state index in [4.69, 9.17) is 4.74 Å². The minimum atomic E-state index is 0.148. The number of phenolic OH excluding ortho intramolecular Hbond substituents is 1. The second kappa shape index (κ2) is 9.09. The van der Waals surface area contributed by atoms with Crippen molar-refractivity contribution in [3.05, 3.63) is 48.8 Å². The zero-order valence-corrected chi connectivity index (χ0v) is 13.5. The average molecular weight is 326 g/mol. The van der Waals surface area contributed by atoms with Crippen molar-refractivity contribution in [1.82, 2.24) is 30.4 Å². The van der Waals surface area contributed by atoms with E-state index in [1.807, 2.05) is 19.9 Å². The van der Waals surface area contributed by atoms with E-state index in [1.54, 1.807) is 24.5 Å². The van der Waals surface area contributed by atoms with Gasteiger partial charge in [-0.25, -0.2) is 15.0 Å². The van der Waals surface area contributed by atoms with Crippen LogP contribution in [0.4, 0.5) is 0 Å². The van der Waals surface area contributed by atoms with Crippen LogP contribution in [-0.2, 0) is 0 Å². The minimum absolute atomic E-state index is 0.148. The van der Waals surface area contributed by atoms with E-state index in [-0.39, 0.29) is 5.75 Å². The Labute approximate surface area is 139 Å². The van der Waals surface area contributed by atoms with Crippen molar-refractivity contribution in [1.29, 1.82) is 0 Å². The van der Waals surface area contributed by atoms with Gasteiger partial charge in [-0.3, -0.25) is 0 Å². The van der Waals surface area contributed by atoms with Crippen molar-refractivity contribution in [3.8, 4) is 22.9 Å². The molecule has 0 unspecified atom stereocenters. The first-order valence-corrected chi connectivity index (χ1v) is 7.40. The maximum atomic E-state index is 10.2. The standard InChI is InChI=1S/C13H15N3O2.C3H3N3/c1-3-6-18-11-5-4-10(12(17)9(11)2)13-15-7-14-8-16-13;1-2-4-6-5-3-1/h4-5,7-8,17H,3,6H2,1-2H3;1-3H. The summed E-state index contributed by atoms with van der Waals surface area (Å²) in [4.78, 5) is 11.8. The Balaban J connectivity index is 0.000000292. The molecule has 0 radical (unpaired) electrons. The van der Waals surface area contributed by atoms with Crippen molar-refractivity contribution in [3.63, 3.8) is 0 Å². The molecule has 0 saturated carbocycles. The zero-order valence-electron chi connectivity index (χ0n) is 13.5. The van der Waals surface area contributed by atoms with E-state index >= 15 is 0 Å². The lowest BCUT2D eigenvalue weighted by Crippen LogP contribution is -1.98. The highest BCUT2D eigenvalue weighted by atomic mass is 16.5. The quantitative estimate of drug-likeness (QED) is 0.777. The van der Waals surface area contributed by atoms with Gasteiger partial charge in [-0.05, 0) is 36.8 Å². The van der Waals surface area contributed by atoms with Crippen LogP contribution in [-0.4, -0.2) is 42.1 Å². The third kappa shape index (κ3) is 4.67. The van der Waals surface area contributed by atoms with E-state index in [0.717, 1.165) is 6.42 Å². The van der Waals surface area contributed by atoms with E-state index in [9.17, 15) is 5.11 Å². The summed E-state index contributed by atoms with van der Waals surface area (Å²) >= 11 is 0. The first kappa shape index (κ1) is 17.2. The van der Waals surface area contributed by atoms with Crippen LogP contribution in [0.2, 0.25) is 0 Å². The van der Waals surface area contributed by atoms with Crippen LogP contribution in [0.5, 0.6) is 11.5 Å². The molecule has 0 aliphatic carbocycles. The molecule has 0 aliphatic heterocycles. The fourth-order valence-electron chi connectivity index (χ4n) is 1.81. The summed E-state index contributed by atoms with van der Waals surface area (Å²) in [6.45, 7) is 4.48. The molecule has 2 aromatic heterocycles. The molecular formula is C16H18N6O2. The van der Waals surface area contributed by atoms with Gasteiger partial charge in [0.2, 0.25) is 0 Å². The van der Waals surface area contributed by atoms with Gasteiger partial charge in [0.25, 0.3) is 0 Å². The molecular weight excluding hydrogens is 308 g/mol. The van der Waals surface area contributed by atoms with E-state index in [1.165, 1.54) is 12.7 Å². The van der Waals surface area contributed by atoms with Gasteiger partial charge in [-0.1, -0.05) is 6.92 Å². The molecule has 8 nitrogen and oxygen atoms in total. The number of aromatic nitrogens is 6. The lowest BCUT2D eigenvalue weighted by atomic mass is 10.1. The topological polar surface area (TPSA) is 107 Å². The number of phenols is 1. The Morgan fingerprint density at radius 2 is 1.79 bits per heavy atom. The average Bonchev–Trinajstić information content (AvgIpc) is 2.66. The molecule has 1 aromatic carbocycles. The van der Waals surface area contributed by atoms with Crippen LogP contribution in [0, 0.1) is 6.92 Å². The normalized spacial score (nSPS) is 9.75. The smallest absolute Gasteiger partial charge is 0.166 e. The zero-order chi connectivity index (χ0) is 17.2. The number of hydrogen-bond donors (Lipinski definition) is 1. The van der Waals surface area contributed by atoms with Gasteiger partial charge in [0.15, 0.2) is 5.82 Å². The molecule has 1 N–H and O–H groups in total. The van der Waals surface area contributed by atoms with Crippen molar-refractivity contribution in [2.75, 3.05) is 6.61 Å². The molecule has 0 fully saturated rings. The predicted octanol–water partition coefficient (Wildman–Crippen LogP) is 2.21. The van der Waals surface area contributed by atoms with Crippen LogP contribution < -0.4 is 4.74 Å². The Morgan fingerprint density at radius 3 is 2.33 bits per heavy atom. The summed E-state index contributed by atoms with van der Waals surface area (Å²) in [6, 6.07) is 5.29. The summed E-state index contributed by atoms with van der Waals surface area (Å²) in [6.07, 6.45) is 6.88. The third-order valence-corrected chi connectivity index (χ3v) is 2.99. The lowest BCUT2D eigenvalue weighted by Gasteiger charge is -2.11. The number of ether oxygens (including phenoxy) is 1. The maximum absolute atomic E-state index is 10.2. The molecule has 0 saturated heterocycles. The molecule has 2 heterocycles. The summed E-state index contributed by atoms with van der Waals surface area (Å²) < 4.78 is 5.54. The highest BCUT2D eigenvalue weighted by Gasteiger charge is 2.13. The highest BCUT2D eigenvalue weighted by Crippen LogP contribution is 2.35. The van der Waals surface area contributed by atoms with Crippen molar-refractivity contribution in [2.45, 2.75) is 20.3 Å². The molecule has 8 heteroatoms. The van der Waals surface area contributed by atoms with Crippen molar-refractivity contribution in [2.24, 2.45) is 0 Å². The second-order valence-electron chi connectivity index (χ2n) is 4.71.